The molecule has 0 aliphatic carbocycles. The predicted molar refractivity (Wildman–Crippen MR) is 84.9 cm³/mol. The van der Waals surface area contributed by atoms with Gasteiger partial charge in [0, 0.05) is 24.7 Å². The van der Waals surface area contributed by atoms with Crippen LogP contribution in [0.2, 0.25) is 5.02 Å². The molecular weight excluding hydrogens is 304 g/mol. The minimum atomic E-state index is -0.986. The summed E-state index contributed by atoms with van der Waals surface area (Å²) >= 11 is 5.83. The summed E-state index contributed by atoms with van der Waals surface area (Å²) in [5.74, 6) is 0.352. The van der Waals surface area contributed by atoms with Gasteiger partial charge in [0.15, 0.2) is 5.60 Å². The quantitative estimate of drug-likeness (QED) is 0.902. The Balaban J connectivity index is 1.91. The molecule has 1 aromatic carbocycles. The van der Waals surface area contributed by atoms with Crippen molar-refractivity contribution in [2.24, 2.45) is 5.92 Å². The first-order chi connectivity index (χ1) is 10.3. The van der Waals surface area contributed by atoms with Crippen molar-refractivity contribution in [3.05, 3.63) is 29.3 Å². The summed E-state index contributed by atoms with van der Waals surface area (Å²) in [6.07, 6.45) is 0. The highest BCUT2D eigenvalue weighted by molar-refractivity contribution is 6.30. The van der Waals surface area contributed by atoms with Gasteiger partial charge in [0.05, 0.1) is 5.92 Å². The molecule has 1 saturated heterocycles. The Kier molecular flexibility index (Phi) is 4.96. The van der Waals surface area contributed by atoms with Gasteiger partial charge < -0.3 is 15.0 Å². The van der Waals surface area contributed by atoms with Gasteiger partial charge in [0.1, 0.15) is 5.75 Å². The normalized spacial score (nSPS) is 15.2. The molecule has 5 nitrogen and oxygen atoms in total. The van der Waals surface area contributed by atoms with Crippen LogP contribution in [0, 0.1) is 5.92 Å². The molecule has 120 valence electrons. The molecule has 0 aromatic heterocycles. The fraction of sp³-hybridized carbons (Fsp3) is 0.500. The van der Waals surface area contributed by atoms with E-state index in [1.165, 1.54) is 0 Å². The van der Waals surface area contributed by atoms with E-state index in [0.29, 0.717) is 30.4 Å². The van der Waals surface area contributed by atoms with Crippen LogP contribution < -0.4 is 10.1 Å². The van der Waals surface area contributed by atoms with E-state index in [2.05, 4.69) is 5.32 Å². The van der Waals surface area contributed by atoms with Crippen molar-refractivity contribution in [1.82, 2.24) is 10.2 Å². The van der Waals surface area contributed by atoms with Crippen LogP contribution in [0.15, 0.2) is 24.3 Å². The van der Waals surface area contributed by atoms with Gasteiger partial charge in [0.2, 0.25) is 5.91 Å². The minimum Gasteiger partial charge on any atom is -0.478 e. The summed E-state index contributed by atoms with van der Waals surface area (Å²) in [7, 11) is 0. The highest BCUT2D eigenvalue weighted by Crippen LogP contribution is 2.25. The maximum absolute atomic E-state index is 12.5. The van der Waals surface area contributed by atoms with Crippen molar-refractivity contribution in [1.29, 1.82) is 0 Å². The van der Waals surface area contributed by atoms with Gasteiger partial charge >= 0.3 is 0 Å². The molecule has 1 fully saturated rings. The second-order valence-corrected chi connectivity index (χ2v) is 6.30. The van der Waals surface area contributed by atoms with Crippen molar-refractivity contribution in [3.63, 3.8) is 0 Å². The molecule has 0 saturated carbocycles. The van der Waals surface area contributed by atoms with Crippen molar-refractivity contribution in [2.75, 3.05) is 19.6 Å². The molecule has 1 aliphatic rings. The third-order valence-corrected chi connectivity index (χ3v) is 3.84. The Hall–Kier alpha value is -1.75. The third kappa shape index (κ3) is 3.71. The zero-order valence-electron chi connectivity index (χ0n) is 13.1. The lowest BCUT2D eigenvalue weighted by atomic mass is 9.95. The zero-order chi connectivity index (χ0) is 16.3. The number of nitrogens with zero attached hydrogens (tertiary/aromatic N) is 1. The van der Waals surface area contributed by atoms with Crippen LogP contribution in [0.1, 0.15) is 20.8 Å². The Morgan fingerprint density at radius 3 is 2.45 bits per heavy atom. The number of likely N-dealkylation sites (tertiary alicyclic amines) is 1. The Morgan fingerprint density at radius 2 is 1.91 bits per heavy atom. The minimum absolute atomic E-state index is 0.00276. The van der Waals surface area contributed by atoms with Crippen LogP contribution in [0.3, 0.4) is 0 Å². The summed E-state index contributed by atoms with van der Waals surface area (Å²) in [6, 6.07) is 6.88. The number of nitrogens with one attached hydrogen (secondary N) is 1. The number of carbonyl (C=O) groups is 2. The molecule has 0 unspecified atom stereocenters. The first-order valence-corrected chi connectivity index (χ1v) is 7.73. The van der Waals surface area contributed by atoms with Gasteiger partial charge in [0.25, 0.3) is 5.91 Å². The smallest absolute Gasteiger partial charge is 0.266 e. The summed E-state index contributed by atoms with van der Waals surface area (Å²) in [4.78, 5) is 25.8. The fourth-order valence-corrected chi connectivity index (χ4v) is 2.48. The standard InChI is InChI=1S/C16H21ClN2O3/c1-4-18-14(20)11-9-19(10-11)15(21)16(2,3)22-13-7-5-12(17)6-8-13/h5-8,11H,4,9-10H2,1-3H3,(H,18,20). The topological polar surface area (TPSA) is 58.6 Å². The number of hydrogen-bond donors (Lipinski definition) is 1. The van der Waals surface area contributed by atoms with Gasteiger partial charge in [-0.25, -0.2) is 0 Å². The average Bonchev–Trinajstić information content (AvgIpc) is 2.39. The first-order valence-electron chi connectivity index (χ1n) is 7.35. The zero-order valence-corrected chi connectivity index (χ0v) is 13.8. The molecule has 0 atom stereocenters. The molecule has 6 heteroatoms. The number of benzene rings is 1. The summed E-state index contributed by atoms with van der Waals surface area (Å²) < 4.78 is 5.77. The molecule has 1 heterocycles. The molecule has 0 bridgehead atoms. The highest BCUT2D eigenvalue weighted by atomic mass is 35.5. The van der Waals surface area contributed by atoms with E-state index in [1.54, 1.807) is 43.0 Å². The molecule has 0 spiro atoms. The van der Waals surface area contributed by atoms with Gasteiger partial charge in [-0.15, -0.1) is 0 Å². The number of hydrogen-bond acceptors (Lipinski definition) is 3. The maximum Gasteiger partial charge on any atom is 0.266 e. The van der Waals surface area contributed by atoms with Crippen LogP contribution in [-0.2, 0) is 9.59 Å². The SMILES string of the molecule is CCNC(=O)C1CN(C(=O)C(C)(C)Oc2ccc(Cl)cc2)C1. The Labute approximate surface area is 135 Å². The molecule has 0 radical (unpaired) electrons. The number of ether oxygens (including phenoxy) is 1. The van der Waals surface area contributed by atoms with E-state index in [-0.39, 0.29) is 17.7 Å². The number of rotatable bonds is 5. The molecule has 2 amide bonds. The van der Waals surface area contributed by atoms with Crippen LogP contribution in [0.4, 0.5) is 0 Å². The van der Waals surface area contributed by atoms with Crippen LogP contribution in [-0.4, -0.2) is 41.9 Å². The van der Waals surface area contributed by atoms with Crippen molar-refractivity contribution in [2.45, 2.75) is 26.4 Å². The van der Waals surface area contributed by atoms with Crippen molar-refractivity contribution >= 4 is 23.4 Å². The number of carbonyl (C=O) groups excluding carboxylic acids is 2. The fourth-order valence-electron chi connectivity index (χ4n) is 2.35. The van der Waals surface area contributed by atoms with Crippen molar-refractivity contribution in [3.8, 4) is 5.75 Å². The summed E-state index contributed by atoms with van der Waals surface area (Å²) in [6.45, 7) is 6.82. The van der Waals surface area contributed by atoms with Gasteiger partial charge in [-0.05, 0) is 45.0 Å². The summed E-state index contributed by atoms with van der Waals surface area (Å²) in [5.41, 5.74) is -0.986. The second kappa shape index (κ2) is 6.57. The van der Waals surface area contributed by atoms with Gasteiger partial charge in [-0.2, -0.15) is 0 Å². The van der Waals surface area contributed by atoms with Crippen LogP contribution in [0.25, 0.3) is 0 Å². The van der Waals surface area contributed by atoms with Crippen LogP contribution >= 0.6 is 11.6 Å². The van der Waals surface area contributed by atoms with Crippen molar-refractivity contribution < 1.29 is 14.3 Å². The monoisotopic (exact) mass is 324 g/mol. The van der Waals surface area contributed by atoms with Gasteiger partial charge in [-0.3, -0.25) is 9.59 Å². The van der Waals surface area contributed by atoms with Crippen LogP contribution in [0.5, 0.6) is 5.75 Å². The van der Waals surface area contributed by atoms with E-state index in [1.807, 2.05) is 6.92 Å². The Morgan fingerprint density at radius 1 is 1.32 bits per heavy atom. The number of halogens is 1. The third-order valence-electron chi connectivity index (χ3n) is 3.59. The predicted octanol–water partition coefficient (Wildman–Crippen LogP) is 2.09. The van der Waals surface area contributed by atoms with E-state index < -0.39 is 5.60 Å². The lowest BCUT2D eigenvalue weighted by Crippen LogP contribution is -2.61. The molecular formula is C16H21ClN2O3. The molecule has 1 N–H and O–H groups in total. The summed E-state index contributed by atoms with van der Waals surface area (Å²) in [5, 5.41) is 3.38. The highest BCUT2D eigenvalue weighted by Gasteiger charge is 2.42. The Bertz CT molecular complexity index is 551. The first kappa shape index (κ1) is 16.6. The molecule has 1 aliphatic heterocycles. The molecule has 2 rings (SSSR count). The van der Waals surface area contributed by atoms with E-state index >= 15 is 0 Å². The maximum atomic E-state index is 12.5. The second-order valence-electron chi connectivity index (χ2n) is 5.87. The molecule has 1 aromatic rings. The lowest BCUT2D eigenvalue weighted by Gasteiger charge is -2.42. The van der Waals surface area contributed by atoms with E-state index in [4.69, 9.17) is 16.3 Å². The molecule has 22 heavy (non-hydrogen) atoms. The lowest BCUT2D eigenvalue weighted by molar-refractivity contribution is -0.154. The van der Waals surface area contributed by atoms with Gasteiger partial charge in [-0.1, -0.05) is 11.6 Å². The van der Waals surface area contributed by atoms with E-state index in [0.717, 1.165) is 0 Å². The average molecular weight is 325 g/mol. The number of amides is 2. The van der Waals surface area contributed by atoms with E-state index in [9.17, 15) is 9.59 Å². The largest absolute Gasteiger partial charge is 0.478 e.